The van der Waals surface area contributed by atoms with Gasteiger partial charge in [-0.05, 0) is 24.5 Å². The summed E-state index contributed by atoms with van der Waals surface area (Å²) in [5.41, 5.74) is 1.25. The summed E-state index contributed by atoms with van der Waals surface area (Å²) in [5.74, 6) is 1.68. The van der Waals surface area contributed by atoms with Gasteiger partial charge in [-0.15, -0.1) is 0 Å². The number of aliphatic imine (C=N–C) groups is 1. The molecule has 1 amide bonds. The van der Waals surface area contributed by atoms with Crippen molar-refractivity contribution >= 4 is 11.9 Å². The number of likely N-dealkylation sites (N-methyl/N-ethyl adjacent to an activating group) is 1. The van der Waals surface area contributed by atoms with Gasteiger partial charge in [0.15, 0.2) is 5.96 Å². The number of fused-ring (bicyclic) bond motifs is 1. The Hall–Kier alpha value is -2.24. The number of hydrogen-bond donors (Lipinski definition) is 2. The molecule has 1 saturated carbocycles. The maximum absolute atomic E-state index is 11.8. The van der Waals surface area contributed by atoms with Crippen molar-refractivity contribution in [1.82, 2.24) is 15.5 Å². The van der Waals surface area contributed by atoms with Gasteiger partial charge in [0.05, 0.1) is 6.54 Å². The molecule has 1 aromatic carbocycles. The molecular formula is C19H28N4O2. The minimum atomic E-state index is -0.00274. The highest BCUT2D eigenvalue weighted by molar-refractivity contribution is 5.85. The van der Waals surface area contributed by atoms with E-state index < -0.39 is 0 Å². The van der Waals surface area contributed by atoms with Crippen LogP contribution in [0, 0.1) is 0 Å². The van der Waals surface area contributed by atoms with Gasteiger partial charge in [0, 0.05) is 26.6 Å². The highest BCUT2D eigenvalue weighted by atomic mass is 16.5. The predicted octanol–water partition coefficient (Wildman–Crippen LogP) is 1.56. The molecule has 0 spiro atoms. The molecule has 6 heteroatoms. The standard InChI is InChI=1S/C19H28N4O2/c1-23(2)18(24)13-21-19(22-15-8-4-5-9-15)20-12-16-11-14-7-3-6-10-17(14)25-16/h3,6-7,10,15-16H,4-5,8-9,11-13H2,1-2H3,(H2,20,21,22). The lowest BCUT2D eigenvalue weighted by molar-refractivity contribution is -0.127. The third-order valence-corrected chi connectivity index (χ3v) is 4.78. The Labute approximate surface area is 149 Å². The Morgan fingerprint density at radius 1 is 1.28 bits per heavy atom. The van der Waals surface area contributed by atoms with Gasteiger partial charge >= 0.3 is 0 Å². The molecule has 1 unspecified atom stereocenters. The van der Waals surface area contributed by atoms with E-state index in [1.807, 2.05) is 18.2 Å². The third-order valence-electron chi connectivity index (χ3n) is 4.78. The van der Waals surface area contributed by atoms with E-state index in [0.717, 1.165) is 25.0 Å². The summed E-state index contributed by atoms with van der Waals surface area (Å²) in [7, 11) is 3.50. The summed E-state index contributed by atoms with van der Waals surface area (Å²) in [4.78, 5) is 17.9. The molecule has 2 aliphatic rings. The van der Waals surface area contributed by atoms with Crippen LogP contribution in [0.1, 0.15) is 31.2 Å². The van der Waals surface area contributed by atoms with Crippen LogP contribution in [-0.4, -0.2) is 56.1 Å². The van der Waals surface area contributed by atoms with E-state index in [0.29, 0.717) is 18.5 Å². The Morgan fingerprint density at radius 2 is 2.04 bits per heavy atom. The molecule has 6 nitrogen and oxygen atoms in total. The van der Waals surface area contributed by atoms with Crippen molar-refractivity contribution in [1.29, 1.82) is 0 Å². The zero-order valence-electron chi connectivity index (χ0n) is 15.1. The van der Waals surface area contributed by atoms with Gasteiger partial charge in [-0.1, -0.05) is 31.0 Å². The first-order chi connectivity index (χ1) is 12.1. The van der Waals surface area contributed by atoms with E-state index in [1.165, 1.54) is 18.4 Å². The van der Waals surface area contributed by atoms with Gasteiger partial charge in [-0.3, -0.25) is 4.79 Å². The monoisotopic (exact) mass is 344 g/mol. The molecule has 1 heterocycles. The molecular weight excluding hydrogens is 316 g/mol. The summed E-state index contributed by atoms with van der Waals surface area (Å²) >= 11 is 0. The summed E-state index contributed by atoms with van der Waals surface area (Å²) in [6.45, 7) is 0.824. The number of hydrogen-bond acceptors (Lipinski definition) is 3. The molecule has 25 heavy (non-hydrogen) atoms. The van der Waals surface area contributed by atoms with Crippen LogP contribution >= 0.6 is 0 Å². The van der Waals surface area contributed by atoms with Crippen molar-refractivity contribution in [3.05, 3.63) is 29.8 Å². The number of carbonyl (C=O) groups is 1. The van der Waals surface area contributed by atoms with Crippen LogP contribution in [0.5, 0.6) is 5.75 Å². The number of ether oxygens (including phenoxy) is 1. The number of rotatable bonds is 5. The molecule has 1 aliphatic heterocycles. The van der Waals surface area contributed by atoms with Crippen LogP contribution in [-0.2, 0) is 11.2 Å². The lowest BCUT2D eigenvalue weighted by Crippen LogP contribution is -2.46. The molecule has 2 N–H and O–H groups in total. The number of guanidine groups is 1. The molecule has 0 saturated heterocycles. The second kappa shape index (κ2) is 8.23. The first-order valence-electron chi connectivity index (χ1n) is 9.11. The van der Waals surface area contributed by atoms with Crippen molar-refractivity contribution in [3.63, 3.8) is 0 Å². The predicted molar refractivity (Wildman–Crippen MR) is 99.0 cm³/mol. The van der Waals surface area contributed by atoms with E-state index in [2.05, 4.69) is 21.7 Å². The van der Waals surface area contributed by atoms with Gasteiger partial charge in [-0.25, -0.2) is 4.99 Å². The van der Waals surface area contributed by atoms with Gasteiger partial charge in [0.1, 0.15) is 18.4 Å². The second-order valence-corrected chi connectivity index (χ2v) is 7.01. The first kappa shape index (κ1) is 17.6. The number of carbonyl (C=O) groups excluding carboxylic acids is 1. The van der Waals surface area contributed by atoms with Crippen LogP contribution in [0.2, 0.25) is 0 Å². The topological polar surface area (TPSA) is 66.0 Å². The number of nitrogens with one attached hydrogen (secondary N) is 2. The Kier molecular flexibility index (Phi) is 5.79. The van der Waals surface area contributed by atoms with E-state index >= 15 is 0 Å². The third kappa shape index (κ3) is 4.87. The molecule has 1 aromatic rings. The average Bonchev–Trinajstić information content (AvgIpc) is 3.25. The van der Waals surface area contributed by atoms with Gasteiger partial charge in [0.2, 0.25) is 5.91 Å². The van der Waals surface area contributed by atoms with Crippen LogP contribution in [0.3, 0.4) is 0 Å². The first-order valence-corrected chi connectivity index (χ1v) is 9.11. The number of para-hydroxylation sites is 1. The van der Waals surface area contributed by atoms with Crippen molar-refractivity contribution in [3.8, 4) is 5.75 Å². The fourth-order valence-corrected chi connectivity index (χ4v) is 3.28. The van der Waals surface area contributed by atoms with Gasteiger partial charge in [0.25, 0.3) is 0 Å². The van der Waals surface area contributed by atoms with Crippen LogP contribution in [0.25, 0.3) is 0 Å². The van der Waals surface area contributed by atoms with Crippen LogP contribution in [0.4, 0.5) is 0 Å². The highest BCUT2D eigenvalue weighted by Crippen LogP contribution is 2.27. The number of amides is 1. The average molecular weight is 344 g/mol. The zero-order chi connectivity index (χ0) is 17.6. The fraction of sp³-hybridized carbons (Fsp3) is 0.579. The van der Waals surface area contributed by atoms with Gasteiger partial charge in [-0.2, -0.15) is 0 Å². The molecule has 1 atom stereocenters. The Morgan fingerprint density at radius 3 is 2.76 bits per heavy atom. The Balaban J connectivity index is 1.55. The maximum atomic E-state index is 11.8. The zero-order valence-corrected chi connectivity index (χ0v) is 15.1. The highest BCUT2D eigenvalue weighted by Gasteiger charge is 2.23. The minimum absolute atomic E-state index is 0.00274. The van der Waals surface area contributed by atoms with E-state index in [4.69, 9.17) is 4.74 Å². The summed E-state index contributed by atoms with van der Waals surface area (Å²) in [5, 5.41) is 6.83. The normalized spacial score (nSPS) is 20.1. The van der Waals surface area contributed by atoms with Crippen LogP contribution < -0.4 is 15.4 Å². The van der Waals surface area contributed by atoms with Crippen molar-refractivity contribution < 1.29 is 9.53 Å². The summed E-state index contributed by atoms with van der Waals surface area (Å²) < 4.78 is 5.97. The van der Waals surface area contributed by atoms with Crippen molar-refractivity contribution in [2.24, 2.45) is 4.99 Å². The van der Waals surface area contributed by atoms with Crippen LogP contribution in [0.15, 0.2) is 29.3 Å². The summed E-state index contributed by atoms with van der Waals surface area (Å²) in [6.07, 6.45) is 5.82. The molecule has 0 aromatic heterocycles. The number of benzene rings is 1. The molecule has 0 radical (unpaired) electrons. The SMILES string of the molecule is CN(C)C(=O)CN=C(NCC1Cc2ccccc2O1)NC1CCCC1. The molecule has 3 rings (SSSR count). The fourth-order valence-electron chi connectivity index (χ4n) is 3.28. The molecule has 0 bridgehead atoms. The molecule has 136 valence electrons. The lowest BCUT2D eigenvalue weighted by Gasteiger charge is -2.19. The summed E-state index contributed by atoms with van der Waals surface area (Å²) in [6, 6.07) is 8.60. The largest absolute Gasteiger partial charge is 0.488 e. The smallest absolute Gasteiger partial charge is 0.243 e. The minimum Gasteiger partial charge on any atom is -0.488 e. The lowest BCUT2D eigenvalue weighted by atomic mass is 10.1. The maximum Gasteiger partial charge on any atom is 0.243 e. The van der Waals surface area contributed by atoms with Crippen molar-refractivity contribution in [2.45, 2.75) is 44.2 Å². The number of nitrogens with zero attached hydrogens (tertiary/aromatic N) is 2. The van der Waals surface area contributed by atoms with Crippen molar-refractivity contribution in [2.75, 3.05) is 27.2 Å². The van der Waals surface area contributed by atoms with Gasteiger partial charge < -0.3 is 20.3 Å². The Bertz CT molecular complexity index is 599. The van der Waals surface area contributed by atoms with E-state index in [9.17, 15) is 4.79 Å². The molecule has 1 aliphatic carbocycles. The van der Waals surface area contributed by atoms with E-state index in [1.54, 1.807) is 19.0 Å². The molecule has 1 fully saturated rings. The quantitative estimate of drug-likeness (QED) is 0.628. The van der Waals surface area contributed by atoms with E-state index in [-0.39, 0.29) is 18.6 Å². The second-order valence-electron chi connectivity index (χ2n) is 7.01.